The van der Waals surface area contributed by atoms with Crippen LogP contribution in [0.2, 0.25) is 0 Å². The van der Waals surface area contributed by atoms with Crippen LogP contribution in [0, 0.1) is 10.8 Å². The maximum atomic E-state index is 11.1. The molecule has 0 aliphatic heterocycles. The van der Waals surface area contributed by atoms with Crippen molar-refractivity contribution in [2.75, 3.05) is 0 Å². The minimum Gasteiger partial charge on any atom is -0.481 e. The summed E-state index contributed by atoms with van der Waals surface area (Å²) < 4.78 is 0. The lowest BCUT2D eigenvalue weighted by Gasteiger charge is -2.55. The smallest absolute Gasteiger partial charge is 0.312 e. The molecule has 0 heterocycles. The number of hydrogen-bond acceptors (Lipinski definition) is 2. The van der Waals surface area contributed by atoms with Crippen LogP contribution < -0.4 is 0 Å². The third kappa shape index (κ3) is 1.46. The van der Waals surface area contributed by atoms with Crippen molar-refractivity contribution in [2.24, 2.45) is 10.8 Å². The molecule has 0 spiro atoms. The Hall–Kier alpha value is -0.570. The van der Waals surface area contributed by atoms with Crippen LogP contribution in [0.15, 0.2) is 0 Å². The Balaban J connectivity index is 2.91. The molecule has 1 saturated carbocycles. The number of carboxylic acids is 1. The molecule has 0 atom stereocenters. The van der Waals surface area contributed by atoms with Crippen LogP contribution in [-0.4, -0.2) is 21.8 Å². The van der Waals surface area contributed by atoms with Crippen LogP contribution in [0.25, 0.3) is 0 Å². The third-order valence-electron chi connectivity index (χ3n) is 3.14. The van der Waals surface area contributed by atoms with Gasteiger partial charge in [0.05, 0.1) is 11.0 Å². The van der Waals surface area contributed by atoms with E-state index in [1.54, 1.807) is 13.8 Å². The van der Waals surface area contributed by atoms with E-state index in [9.17, 15) is 9.90 Å². The van der Waals surface area contributed by atoms with Crippen LogP contribution in [-0.2, 0) is 4.79 Å². The number of carboxylic acid groups (broad SMARTS) is 1. The highest BCUT2D eigenvalue weighted by molar-refractivity contribution is 5.77. The van der Waals surface area contributed by atoms with Crippen molar-refractivity contribution in [1.29, 1.82) is 0 Å². The van der Waals surface area contributed by atoms with Crippen molar-refractivity contribution < 1.29 is 15.0 Å². The number of carbonyl (C=O) groups is 1. The van der Waals surface area contributed by atoms with E-state index >= 15 is 0 Å². The topological polar surface area (TPSA) is 57.5 Å². The SMILES string of the molecule is CC1(C)CC(C(=O)O)(C(C)(C)O)C1. The zero-order valence-electron chi connectivity index (χ0n) is 8.72. The first-order valence-electron chi connectivity index (χ1n) is 4.57. The maximum Gasteiger partial charge on any atom is 0.312 e. The Labute approximate surface area is 78.8 Å². The average Bonchev–Trinajstić information content (AvgIpc) is 1.78. The van der Waals surface area contributed by atoms with E-state index in [1.165, 1.54) is 0 Å². The van der Waals surface area contributed by atoms with E-state index in [1.807, 2.05) is 13.8 Å². The van der Waals surface area contributed by atoms with Crippen LogP contribution in [0.1, 0.15) is 40.5 Å². The molecule has 1 aliphatic rings. The van der Waals surface area contributed by atoms with Crippen LogP contribution in [0.5, 0.6) is 0 Å². The molecule has 3 heteroatoms. The van der Waals surface area contributed by atoms with Gasteiger partial charge in [-0.1, -0.05) is 13.8 Å². The molecule has 1 fully saturated rings. The predicted octanol–water partition coefficient (Wildman–Crippen LogP) is 1.65. The number of hydrogen-bond donors (Lipinski definition) is 2. The lowest BCUT2D eigenvalue weighted by atomic mass is 9.49. The van der Waals surface area contributed by atoms with Gasteiger partial charge in [-0.05, 0) is 32.1 Å². The van der Waals surface area contributed by atoms with Gasteiger partial charge in [-0.25, -0.2) is 0 Å². The summed E-state index contributed by atoms with van der Waals surface area (Å²) in [6.07, 6.45) is 1.11. The van der Waals surface area contributed by atoms with Crippen molar-refractivity contribution in [3.8, 4) is 0 Å². The van der Waals surface area contributed by atoms with Gasteiger partial charge in [-0.3, -0.25) is 4.79 Å². The van der Waals surface area contributed by atoms with Crippen molar-refractivity contribution >= 4 is 5.97 Å². The first kappa shape index (κ1) is 10.5. The van der Waals surface area contributed by atoms with Crippen molar-refractivity contribution in [3.63, 3.8) is 0 Å². The molecular formula is C10H18O3. The highest BCUT2D eigenvalue weighted by Crippen LogP contribution is 2.59. The van der Waals surface area contributed by atoms with Gasteiger partial charge in [0.1, 0.15) is 0 Å². The summed E-state index contributed by atoms with van der Waals surface area (Å²) in [6.45, 7) is 7.21. The van der Waals surface area contributed by atoms with Gasteiger partial charge in [-0.15, -0.1) is 0 Å². The van der Waals surface area contributed by atoms with Gasteiger partial charge in [0.25, 0.3) is 0 Å². The first-order chi connectivity index (χ1) is 5.61. The Bertz CT molecular complexity index is 227. The first-order valence-corrected chi connectivity index (χ1v) is 4.57. The molecule has 1 rings (SSSR count). The lowest BCUT2D eigenvalue weighted by Crippen LogP contribution is -2.60. The highest BCUT2D eigenvalue weighted by atomic mass is 16.4. The second kappa shape index (κ2) is 2.47. The molecule has 0 aromatic carbocycles. The highest BCUT2D eigenvalue weighted by Gasteiger charge is 2.62. The zero-order valence-corrected chi connectivity index (χ0v) is 8.72. The van der Waals surface area contributed by atoms with E-state index in [4.69, 9.17) is 5.11 Å². The van der Waals surface area contributed by atoms with E-state index < -0.39 is 17.0 Å². The molecule has 76 valence electrons. The molecule has 0 unspecified atom stereocenters. The number of aliphatic carboxylic acids is 1. The summed E-state index contributed by atoms with van der Waals surface area (Å²) in [7, 11) is 0. The van der Waals surface area contributed by atoms with Gasteiger partial charge in [0, 0.05) is 0 Å². The molecule has 0 aromatic heterocycles. The van der Waals surface area contributed by atoms with Gasteiger partial charge < -0.3 is 10.2 Å². The summed E-state index contributed by atoms with van der Waals surface area (Å²) in [5, 5.41) is 18.9. The molecule has 1 aliphatic carbocycles. The monoisotopic (exact) mass is 186 g/mol. The van der Waals surface area contributed by atoms with Gasteiger partial charge >= 0.3 is 5.97 Å². The average molecular weight is 186 g/mol. The fourth-order valence-electron chi connectivity index (χ4n) is 2.43. The molecule has 3 nitrogen and oxygen atoms in total. The summed E-state index contributed by atoms with van der Waals surface area (Å²) in [4.78, 5) is 11.1. The standard InChI is InChI=1S/C10H18O3/c1-8(2)5-10(6-8,7(11)12)9(3,4)13/h13H,5-6H2,1-4H3,(H,11,12). The Morgan fingerprint density at radius 3 is 1.77 bits per heavy atom. The largest absolute Gasteiger partial charge is 0.481 e. The molecule has 0 radical (unpaired) electrons. The van der Waals surface area contributed by atoms with Gasteiger partial charge in [-0.2, -0.15) is 0 Å². The second-order valence-electron chi connectivity index (χ2n) is 5.46. The molecule has 13 heavy (non-hydrogen) atoms. The second-order valence-corrected chi connectivity index (χ2v) is 5.46. The minimum atomic E-state index is -1.13. The molecular weight excluding hydrogens is 168 g/mol. The molecule has 2 N–H and O–H groups in total. The van der Waals surface area contributed by atoms with Crippen molar-refractivity contribution in [2.45, 2.75) is 46.1 Å². The van der Waals surface area contributed by atoms with Crippen LogP contribution in [0.4, 0.5) is 0 Å². The van der Waals surface area contributed by atoms with E-state index in [0.29, 0.717) is 12.8 Å². The van der Waals surface area contributed by atoms with Crippen molar-refractivity contribution in [1.82, 2.24) is 0 Å². The number of aliphatic hydroxyl groups is 1. The van der Waals surface area contributed by atoms with E-state index in [-0.39, 0.29) is 5.41 Å². The zero-order chi connectivity index (χ0) is 10.5. The number of rotatable bonds is 2. The summed E-state index contributed by atoms with van der Waals surface area (Å²) >= 11 is 0. The fourth-order valence-corrected chi connectivity index (χ4v) is 2.43. The van der Waals surface area contributed by atoms with Crippen LogP contribution in [0.3, 0.4) is 0 Å². The summed E-state index contributed by atoms with van der Waals surface area (Å²) in [5.41, 5.74) is -2.01. The lowest BCUT2D eigenvalue weighted by molar-refractivity contribution is -0.197. The van der Waals surface area contributed by atoms with E-state index in [2.05, 4.69) is 0 Å². The Kier molecular flexibility index (Phi) is 2.00. The fraction of sp³-hybridized carbons (Fsp3) is 0.900. The summed E-state index contributed by atoms with van der Waals surface area (Å²) in [6, 6.07) is 0. The summed E-state index contributed by atoms with van der Waals surface area (Å²) in [5.74, 6) is -0.876. The Morgan fingerprint density at radius 2 is 1.69 bits per heavy atom. The van der Waals surface area contributed by atoms with Crippen molar-refractivity contribution in [3.05, 3.63) is 0 Å². The molecule has 0 saturated heterocycles. The molecule has 0 aromatic rings. The maximum absolute atomic E-state index is 11.1. The van der Waals surface area contributed by atoms with Crippen LogP contribution >= 0.6 is 0 Å². The normalized spacial score (nSPS) is 25.0. The third-order valence-corrected chi connectivity index (χ3v) is 3.14. The molecule has 0 amide bonds. The van der Waals surface area contributed by atoms with E-state index in [0.717, 1.165) is 0 Å². The quantitative estimate of drug-likeness (QED) is 0.689. The molecule has 0 bridgehead atoms. The predicted molar refractivity (Wildman–Crippen MR) is 49.4 cm³/mol. The van der Waals surface area contributed by atoms with Gasteiger partial charge in [0.15, 0.2) is 0 Å². The van der Waals surface area contributed by atoms with Gasteiger partial charge in [0.2, 0.25) is 0 Å². The minimum absolute atomic E-state index is 0.0540. The Morgan fingerprint density at radius 1 is 1.31 bits per heavy atom.